The van der Waals surface area contributed by atoms with Crippen molar-refractivity contribution in [2.24, 2.45) is 11.8 Å². The van der Waals surface area contributed by atoms with Gasteiger partial charge in [0.05, 0.1) is 13.0 Å². The Morgan fingerprint density at radius 2 is 2.00 bits per heavy atom. The van der Waals surface area contributed by atoms with Crippen LogP contribution in [0.4, 0.5) is 0 Å². The van der Waals surface area contributed by atoms with E-state index in [-0.39, 0.29) is 23.6 Å². The SMILES string of the molecule is COC(=O)[C@H]1C[C@H]1C(C)=O. The number of rotatable bonds is 2. The van der Waals surface area contributed by atoms with Crippen LogP contribution in [-0.4, -0.2) is 18.9 Å². The number of methoxy groups -OCH3 is 1. The summed E-state index contributed by atoms with van der Waals surface area (Å²) in [5, 5.41) is 0. The molecule has 1 rings (SSSR count). The minimum absolute atomic E-state index is 0.0487. The minimum Gasteiger partial charge on any atom is -0.469 e. The molecule has 3 nitrogen and oxygen atoms in total. The van der Waals surface area contributed by atoms with Crippen molar-refractivity contribution in [1.82, 2.24) is 0 Å². The van der Waals surface area contributed by atoms with Gasteiger partial charge >= 0.3 is 5.97 Å². The second kappa shape index (κ2) is 2.40. The summed E-state index contributed by atoms with van der Waals surface area (Å²) in [6.45, 7) is 1.51. The number of hydrogen-bond acceptors (Lipinski definition) is 3. The van der Waals surface area contributed by atoms with E-state index in [0.29, 0.717) is 6.42 Å². The molecule has 1 saturated carbocycles. The first-order valence-electron chi connectivity index (χ1n) is 3.25. The molecule has 0 N–H and O–H groups in total. The molecule has 10 heavy (non-hydrogen) atoms. The highest BCUT2D eigenvalue weighted by molar-refractivity contribution is 5.89. The van der Waals surface area contributed by atoms with Gasteiger partial charge in [0.1, 0.15) is 5.78 Å². The summed E-state index contributed by atoms with van der Waals surface area (Å²) in [5.74, 6) is -0.342. The highest BCUT2D eigenvalue weighted by Crippen LogP contribution is 2.39. The third kappa shape index (κ3) is 1.17. The van der Waals surface area contributed by atoms with Crippen LogP contribution in [0.5, 0.6) is 0 Å². The fourth-order valence-electron chi connectivity index (χ4n) is 1.06. The lowest BCUT2D eigenvalue weighted by molar-refractivity contribution is -0.143. The van der Waals surface area contributed by atoms with Gasteiger partial charge in [-0.1, -0.05) is 0 Å². The third-order valence-corrected chi connectivity index (χ3v) is 1.82. The zero-order valence-corrected chi connectivity index (χ0v) is 6.09. The first-order valence-corrected chi connectivity index (χ1v) is 3.25. The van der Waals surface area contributed by atoms with Gasteiger partial charge in [0.15, 0.2) is 0 Å². The van der Waals surface area contributed by atoms with E-state index in [2.05, 4.69) is 4.74 Å². The molecule has 0 saturated heterocycles. The lowest BCUT2D eigenvalue weighted by Gasteiger charge is -1.93. The van der Waals surface area contributed by atoms with Crippen LogP contribution in [-0.2, 0) is 14.3 Å². The zero-order chi connectivity index (χ0) is 7.72. The number of carbonyl (C=O) groups excluding carboxylic acids is 2. The van der Waals surface area contributed by atoms with Gasteiger partial charge in [-0.25, -0.2) is 0 Å². The van der Waals surface area contributed by atoms with Crippen molar-refractivity contribution < 1.29 is 14.3 Å². The first-order chi connectivity index (χ1) is 4.66. The maximum atomic E-state index is 10.7. The molecule has 1 aliphatic carbocycles. The molecule has 0 aromatic carbocycles. The summed E-state index contributed by atoms with van der Waals surface area (Å²) in [6, 6.07) is 0. The summed E-state index contributed by atoms with van der Waals surface area (Å²) in [4.78, 5) is 21.3. The molecule has 56 valence electrons. The highest BCUT2D eigenvalue weighted by atomic mass is 16.5. The predicted molar refractivity (Wildman–Crippen MR) is 34.3 cm³/mol. The number of ether oxygens (including phenoxy) is 1. The largest absolute Gasteiger partial charge is 0.469 e. The second-order valence-corrected chi connectivity index (χ2v) is 2.58. The van der Waals surface area contributed by atoms with Crippen molar-refractivity contribution in [1.29, 1.82) is 0 Å². The van der Waals surface area contributed by atoms with Crippen molar-refractivity contribution in [2.75, 3.05) is 7.11 Å². The smallest absolute Gasteiger partial charge is 0.309 e. The van der Waals surface area contributed by atoms with Crippen LogP contribution in [0.2, 0.25) is 0 Å². The van der Waals surface area contributed by atoms with Gasteiger partial charge in [0.25, 0.3) is 0 Å². The molecule has 0 amide bonds. The number of carbonyl (C=O) groups is 2. The van der Waals surface area contributed by atoms with E-state index >= 15 is 0 Å². The Kier molecular flexibility index (Phi) is 1.74. The number of hydrogen-bond donors (Lipinski definition) is 0. The molecule has 1 aliphatic rings. The quantitative estimate of drug-likeness (QED) is 0.523. The van der Waals surface area contributed by atoms with E-state index in [1.165, 1.54) is 14.0 Å². The molecule has 3 heteroatoms. The Balaban J connectivity index is 2.38. The van der Waals surface area contributed by atoms with Crippen LogP contribution < -0.4 is 0 Å². The molecule has 1 fully saturated rings. The number of ketones is 1. The van der Waals surface area contributed by atoms with Gasteiger partial charge in [0.2, 0.25) is 0 Å². The van der Waals surface area contributed by atoms with Crippen molar-refractivity contribution in [2.45, 2.75) is 13.3 Å². The van der Waals surface area contributed by atoms with E-state index in [0.717, 1.165) is 0 Å². The molecule has 0 aromatic heterocycles. The molecular weight excluding hydrogens is 132 g/mol. The molecule has 0 aromatic rings. The normalized spacial score (nSPS) is 29.4. The summed E-state index contributed by atoms with van der Waals surface area (Å²) < 4.78 is 4.46. The standard InChI is InChI=1S/C7H10O3/c1-4(8)5-3-6(5)7(9)10-2/h5-6H,3H2,1-2H3/t5-,6-/m0/s1. The predicted octanol–water partition coefficient (Wildman–Crippen LogP) is 0.384. The third-order valence-electron chi connectivity index (χ3n) is 1.82. The fraction of sp³-hybridized carbons (Fsp3) is 0.714. The van der Waals surface area contributed by atoms with Crippen LogP contribution in [0.1, 0.15) is 13.3 Å². The van der Waals surface area contributed by atoms with E-state index in [1.54, 1.807) is 0 Å². The van der Waals surface area contributed by atoms with Crippen LogP contribution in [0.15, 0.2) is 0 Å². The molecule has 0 bridgehead atoms. The number of Topliss-reactive ketones (excluding diaryl/α,β-unsaturated/α-hetero) is 1. The van der Waals surface area contributed by atoms with Crippen molar-refractivity contribution in [3.8, 4) is 0 Å². The lowest BCUT2D eigenvalue weighted by Crippen LogP contribution is -2.07. The molecule has 0 radical (unpaired) electrons. The summed E-state index contributed by atoms with van der Waals surface area (Å²) >= 11 is 0. The van der Waals surface area contributed by atoms with Crippen LogP contribution >= 0.6 is 0 Å². The first kappa shape index (κ1) is 7.25. The van der Waals surface area contributed by atoms with Gasteiger partial charge in [-0.2, -0.15) is 0 Å². The highest BCUT2D eigenvalue weighted by Gasteiger charge is 2.46. The van der Waals surface area contributed by atoms with Gasteiger partial charge in [-0.15, -0.1) is 0 Å². The summed E-state index contributed by atoms with van der Waals surface area (Å²) in [7, 11) is 1.35. The topological polar surface area (TPSA) is 43.4 Å². The van der Waals surface area contributed by atoms with Gasteiger partial charge in [0, 0.05) is 5.92 Å². The fourth-order valence-corrected chi connectivity index (χ4v) is 1.06. The summed E-state index contributed by atoms with van der Waals surface area (Å²) in [5.41, 5.74) is 0. The zero-order valence-electron chi connectivity index (χ0n) is 6.09. The number of esters is 1. The molecule has 0 heterocycles. The summed E-state index contributed by atoms with van der Waals surface area (Å²) in [6.07, 6.45) is 0.683. The Hall–Kier alpha value is -0.860. The van der Waals surface area contributed by atoms with Crippen molar-refractivity contribution in [3.63, 3.8) is 0 Å². The van der Waals surface area contributed by atoms with Gasteiger partial charge in [-0.05, 0) is 13.3 Å². The van der Waals surface area contributed by atoms with E-state index < -0.39 is 0 Å². The molecule has 2 atom stereocenters. The maximum Gasteiger partial charge on any atom is 0.309 e. The molecule has 0 spiro atoms. The van der Waals surface area contributed by atoms with E-state index in [9.17, 15) is 9.59 Å². The molecule has 0 unspecified atom stereocenters. The average Bonchev–Trinajstić information content (AvgIpc) is 2.64. The van der Waals surface area contributed by atoms with Crippen molar-refractivity contribution >= 4 is 11.8 Å². The van der Waals surface area contributed by atoms with E-state index in [1.807, 2.05) is 0 Å². The lowest BCUT2D eigenvalue weighted by atomic mass is 10.2. The Morgan fingerprint density at radius 3 is 2.30 bits per heavy atom. The Morgan fingerprint density at radius 1 is 1.40 bits per heavy atom. The van der Waals surface area contributed by atoms with Gasteiger partial charge in [-0.3, -0.25) is 9.59 Å². The Bertz CT molecular complexity index is 174. The monoisotopic (exact) mass is 142 g/mol. The average molecular weight is 142 g/mol. The van der Waals surface area contributed by atoms with Crippen LogP contribution in [0, 0.1) is 11.8 Å². The Labute approximate surface area is 59.4 Å². The molecular formula is C7H10O3. The van der Waals surface area contributed by atoms with Crippen LogP contribution in [0.3, 0.4) is 0 Å². The second-order valence-electron chi connectivity index (χ2n) is 2.58. The van der Waals surface area contributed by atoms with E-state index in [4.69, 9.17) is 0 Å². The maximum absolute atomic E-state index is 10.7. The minimum atomic E-state index is -0.250. The van der Waals surface area contributed by atoms with Gasteiger partial charge < -0.3 is 4.74 Å². The van der Waals surface area contributed by atoms with Crippen molar-refractivity contribution in [3.05, 3.63) is 0 Å². The van der Waals surface area contributed by atoms with Crippen LogP contribution in [0.25, 0.3) is 0 Å². The molecule has 0 aliphatic heterocycles.